The minimum Gasteiger partial charge on any atom is -0.444 e. The second kappa shape index (κ2) is 7.18. The molecule has 0 aromatic heterocycles. The number of aliphatic hydroxyl groups excluding tert-OH is 1. The predicted octanol–water partition coefficient (Wildman–Crippen LogP) is 2.78. The van der Waals surface area contributed by atoms with E-state index < -0.39 is 11.8 Å². The van der Waals surface area contributed by atoms with Gasteiger partial charge >= 0.3 is 6.09 Å². The fourth-order valence-electron chi connectivity index (χ4n) is 3.97. The Morgan fingerprint density at radius 2 is 1.86 bits per heavy atom. The van der Waals surface area contributed by atoms with Crippen LogP contribution in [0, 0.1) is 11.8 Å². The molecule has 5 nitrogen and oxygen atoms in total. The zero-order chi connectivity index (χ0) is 16.3. The van der Waals surface area contributed by atoms with Gasteiger partial charge in [-0.1, -0.05) is 13.3 Å². The summed E-state index contributed by atoms with van der Waals surface area (Å²) in [6.45, 7) is 7.73. The predicted molar refractivity (Wildman–Crippen MR) is 86.4 cm³/mol. The van der Waals surface area contributed by atoms with E-state index in [1.165, 1.54) is 12.8 Å². The number of rotatable bonds is 5. The van der Waals surface area contributed by atoms with Crippen LogP contribution in [0.4, 0.5) is 4.79 Å². The molecule has 3 N–H and O–H groups in total. The van der Waals surface area contributed by atoms with Crippen molar-refractivity contribution in [2.24, 2.45) is 11.8 Å². The molecule has 0 heterocycles. The zero-order valence-corrected chi connectivity index (χ0v) is 14.4. The lowest BCUT2D eigenvalue weighted by molar-refractivity contribution is 0.0443. The van der Waals surface area contributed by atoms with Crippen LogP contribution >= 0.6 is 0 Å². The second-order valence-corrected chi connectivity index (χ2v) is 7.91. The van der Waals surface area contributed by atoms with Gasteiger partial charge in [-0.25, -0.2) is 4.79 Å². The minimum atomic E-state index is -0.452. The van der Waals surface area contributed by atoms with Crippen molar-refractivity contribution in [1.29, 1.82) is 0 Å². The van der Waals surface area contributed by atoms with E-state index in [1.54, 1.807) is 0 Å². The monoisotopic (exact) mass is 312 g/mol. The van der Waals surface area contributed by atoms with Crippen molar-refractivity contribution in [1.82, 2.24) is 10.6 Å². The van der Waals surface area contributed by atoms with Crippen molar-refractivity contribution in [3.63, 3.8) is 0 Å². The summed E-state index contributed by atoms with van der Waals surface area (Å²) >= 11 is 0. The minimum absolute atomic E-state index is 0.203. The number of hydrogen-bond donors (Lipinski definition) is 3. The number of amides is 1. The van der Waals surface area contributed by atoms with Gasteiger partial charge in [0.15, 0.2) is 0 Å². The van der Waals surface area contributed by atoms with Gasteiger partial charge in [0.25, 0.3) is 0 Å². The number of fused-ring (bicyclic) bond motifs is 2. The average Bonchev–Trinajstić information content (AvgIpc) is 2.60. The highest BCUT2D eigenvalue weighted by Crippen LogP contribution is 2.42. The quantitative estimate of drug-likeness (QED) is 0.683. The highest BCUT2D eigenvalue weighted by molar-refractivity contribution is 5.68. The third-order valence-electron chi connectivity index (χ3n) is 4.77. The molecule has 1 amide bonds. The molecular formula is C17H32N2O3. The molecule has 2 bridgehead atoms. The summed E-state index contributed by atoms with van der Waals surface area (Å²) in [5, 5.41) is 16.4. The Hall–Kier alpha value is -0.810. The Morgan fingerprint density at radius 3 is 2.36 bits per heavy atom. The molecule has 0 radical (unpaired) electrons. The summed E-state index contributed by atoms with van der Waals surface area (Å²) < 4.78 is 5.35. The molecule has 0 saturated heterocycles. The Kier molecular flexibility index (Phi) is 5.72. The number of ether oxygens (including phenoxy) is 1. The van der Waals surface area contributed by atoms with Crippen molar-refractivity contribution in [3.05, 3.63) is 0 Å². The van der Waals surface area contributed by atoms with Gasteiger partial charge in [0.1, 0.15) is 11.8 Å². The lowest BCUT2D eigenvalue weighted by Gasteiger charge is -2.37. The number of hydrogen-bond acceptors (Lipinski definition) is 4. The van der Waals surface area contributed by atoms with E-state index in [0.29, 0.717) is 17.9 Å². The first-order valence-corrected chi connectivity index (χ1v) is 8.72. The van der Waals surface area contributed by atoms with Gasteiger partial charge in [-0.2, -0.15) is 0 Å². The first-order chi connectivity index (χ1) is 10.3. The van der Waals surface area contributed by atoms with E-state index in [2.05, 4.69) is 17.6 Å². The van der Waals surface area contributed by atoms with Gasteiger partial charge in [0.2, 0.25) is 0 Å². The van der Waals surface area contributed by atoms with E-state index >= 15 is 0 Å². The highest BCUT2D eigenvalue weighted by atomic mass is 16.6. The van der Waals surface area contributed by atoms with Gasteiger partial charge in [0.05, 0.1) is 0 Å². The molecule has 0 spiro atoms. The van der Waals surface area contributed by atoms with Crippen LogP contribution in [0.2, 0.25) is 0 Å². The molecule has 5 heteroatoms. The van der Waals surface area contributed by atoms with Crippen molar-refractivity contribution in [2.45, 2.75) is 90.1 Å². The van der Waals surface area contributed by atoms with Gasteiger partial charge in [-0.05, 0) is 64.7 Å². The van der Waals surface area contributed by atoms with E-state index in [4.69, 9.17) is 4.74 Å². The van der Waals surface area contributed by atoms with E-state index in [9.17, 15) is 9.90 Å². The summed E-state index contributed by atoms with van der Waals surface area (Å²) in [6.07, 6.45) is 5.41. The number of carbonyl (C=O) groups is 1. The van der Waals surface area contributed by atoms with Crippen LogP contribution in [-0.4, -0.2) is 35.1 Å². The molecule has 2 fully saturated rings. The summed E-state index contributed by atoms with van der Waals surface area (Å²) in [5.41, 5.74) is -0.452. The number of aliphatic hydroxyl groups is 1. The molecule has 0 aliphatic heterocycles. The van der Waals surface area contributed by atoms with Crippen LogP contribution in [0.25, 0.3) is 0 Å². The third-order valence-corrected chi connectivity index (χ3v) is 4.77. The second-order valence-electron chi connectivity index (χ2n) is 7.91. The molecule has 3 unspecified atom stereocenters. The fraction of sp³-hybridized carbons (Fsp3) is 0.941. The number of nitrogens with one attached hydrogen (secondary N) is 2. The standard InChI is InChI=1S/C17H32N2O3/c1-5-6-14(20)19-15-11-7-8-12(15)10-13(9-11)18-16(21)22-17(2,3)4/h11-15,19-20H,5-10H2,1-4H3,(H,18,21). The maximum absolute atomic E-state index is 11.9. The molecule has 128 valence electrons. The van der Waals surface area contributed by atoms with Crippen LogP contribution < -0.4 is 10.6 Å². The molecule has 2 saturated carbocycles. The third kappa shape index (κ3) is 4.85. The van der Waals surface area contributed by atoms with Gasteiger partial charge in [-0.15, -0.1) is 0 Å². The first kappa shape index (κ1) is 17.5. The Balaban J connectivity index is 1.83. The summed E-state index contributed by atoms with van der Waals surface area (Å²) in [7, 11) is 0. The van der Waals surface area contributed by atoms with Crippen molar-refractivity contribution in [2.75, 3.05) is 0 Å². The van der Waals surface area contributed by atoms with Gasteiger partial charge < -0.3 is 15.2 Å². The molecular weight excluding hydrogens is 280 g/mol. The van der Waals surface area contributed by atoms with Gasteiger partial charge in [0, 0.05) is 12.1 Å². The number of alkyl carbamates (subject to hydrolysis) is 1. The molecule has 3 atom stereocenters. The highest BCUT2D eigenvalue weighted by Gasteiger charge is 2.43. The smallest absolute Gasteiger partial charge is 0.407 e. The van der Waals surface area contributed by atoms with Crippen LogP contribution in [0.5, 0.6) is 0 Å². The summed E-state index contributed by atoms with van der Waals surface area (Å²) in [5.74, 6) is 1.09. The van der Waals surface area contributed by atoms with Gasteiger partial charge in [-0.3, -0.25) is 5.32 Å². The first-order valence-electron chi connectivity index (χ1n) is 8.72. The van der Waals surface area contributed by atoms with Crippen molar-refractivity contribution >= 4 is 6.09 Å². The molecule has 0 aromatic rings. The molecule has 2 aliphatic carbocycles. The lowest BCUT2D eigenvalue weighted by Crippen LogP contribution is -2.51. The van der Waals surface area contributed by atoms with Crippen LogP contribution in [0.3, 0.4) is 0 Å². The molecule has 2 rings (SSSR count). The molecule has 2 aliphatic rings. The Labute approximate surface area is 134 Å². The average molecular weight is 312 g/mol. The SMILES string of the molecule is CCCC(O)NC1C2CCC1CC(NC(=O)OC(C)(C)C)C2. The zero-order valence-electron chi connectivity index (χ0n) is 14.4. The van der Waals surface area contributed by atoms with E-state index in [-0.39, 0.29) is 12.1 Å². The Morgan fingerprint density at radius 1 is 1.27 bits per heavy atom. The van der Waals surface area contributed by atoms with Crippen LogP contribution in [0.15, 0.2) is 0 Å². The molecule has 0 aromatic carbocycles. The molecule has 22 heavy (non-hydrogen) atoms. The maximum atomic E-state index is 11.9. The van der Waals surface area contributed by atoms with Crippen LogP contribution in [-0.2, 0) is 4.74 Å². The van der Waals surface area contributed by atoms with Crippen molar-refractivity contribution < 1.29 is 14.6 Å². The topological polar surface area (TPSA) is 70.6 Å². The maximum Gasteiger partial charge on any atom is 0.407 e. The van der Waals surface area contributed by atoms with Crippen LogP contribution in [0.1, 0.15) is 66.2 Å². The normalized spacial score (nSPS) is 32.6. The summed E-state index contributed by atoms with van der Waals surface area (Å²) in [4.78, 5) is 11.9. The van der Waals surface area contributed by atoms with E-state index in [0.717, 1.165) is 25.7 Å². The lowest BCUT2D eigenvalue weighted by atomic mass is 9.81. The summed E-state index contributed by atoms with van der Waals surface area (Å²) in [6, 6.07) is 0.604. The fourth-order valence-corrected chi connectivity index (χ4v) is 3.97. The van der Waals surface area contributed by atoms with Crippen molar-refractivity contribution in [3.8, 4) is 0 Å². The number of carbonyl (C=O) groups excluding carboxylic acids is 1. The van der Waals surface area contributed by atoms with E-state index in [1.807, 2.05) is 20.8 Å². The Bertz CT molecular complexity index is 367. The largest absolute Gasteiger partial charge is 0.444 e.